The Morgan fingerprint density at radius 3 is 2.61 bits per heavy atom. The molecule has 5 N–H and O–H groups in total. The summed E-state index contributed by atoms with van der Waals surface area (Å²) in [6.07, 6.45) is 2.56. The highest BCUT2D eigenvalue weighted by Crippen LogP contribution is 2.35. The average molecular weight is 637 g/mol. The van der Waals surface area contributed by atoms with Crippen molar-refractivity contribution >= 4 is 34.6 Å². The smallest absolute Gasteiger partial charge is 0.261 e. The lowest BCUT2D eigenvalue weighted by molar-refractivity contribution is -0.141. The third-order valence-electron chi connectivity index (χ3n) is 7.70. The topological polar surface area (TPSA) is 200 Å². The molecule has 46 heavy (non-hydrogen) atoms. The molecular formula is C32H36N4O10. The van der Waals surface area contributed by atoms with Crippen LogP contribution in [0.4, 0.5) is 0 Å². The van der Waals surface area contributed by atoms with Crippen LogP contribution in [0, 0.1) is 5.92 Å². The minimum absolute atomic E-state index is 0.0537. The fourth-order valence-corrected chi connectivity index (χ4v) is 5.54. The molecule has 3 heterocycles. The van der Waals surface area contributed by atoms with Crippen molar-refractivity contribution < 1.29 is 42.9 Å². The number of carbonyl (C=O) groups excluding carboxylic acids is 4. The Labute approximate surface area is 263 Å². The maximum absolute atomic E-state index is 13.3. The molecule has 0 spiro atoms. The standard InChI is InChI=1S/C32H36N4O10/c1-17(2)10-21(31(41)34-14-27(33)38)35-32(42)22-4-3-7-36(22)28(39)16-45-19-12-23(37)29-26(13-19)46-15-20(30(29)40)18-5-6-24-25(11-18)44-9-8-43-24/h5-6,11-13,15,17,21-22,37H,3-4,7-10,14,16H2,1-2H3,(H2,33,38)(H,34,41)(H,35,42). The van der Waals surface area contributed by atoms with Crippen LogP contribution in [0.2, 0.25) is 0 Å². The first-order valence-corrected chi connectivity index (χ1v) is 15.0. The fraction of sp³-hybridized carbons (Fsp3) is 0.406. The van der Waals surface area contributed by atoms with E-state index in [2.05, 4.69) is 10.6 Å². The van der Waals surface area contributed by atoms with E-state index in [1.165, 1.54) is 23.3 Å². The Kier molecular flexibility index (Phi) is 9.64. The number of likely N-dealkylation sites (tertiary alicyclic amines) is 1. The van der Waals surface area contributed by atoms with Crippen LogP contribution >= 0.6 is 0 Å². The van der Waals surface area contributed by atoms with Crippen molar-refractivity contribution in [1.82, 2.24) is 15.5 Å². The highest BCUT2D eigenvalue weighted by Gasteiger charge is 2.36. The van der Waals surface area contributed by atoms with Crippen molar-refractivity contribution in [2.45, 2.75) is 45.2 Å². The Morgan fingerprint density at radius 1 is 1.11 bits per heavy atom. The van der Waals surface area contributed by atoms with Crippen LogP contribution in [-0.4, -0.2) is 78.6 Å². The van der Waals surface area contributed by atoms with Gasteiger partial charge < -0.3 is 45.0 Å². The van der Waals surface area contributed by atoms with Crippen molar-refractivity contribution in [3.63, 3.8) is 0 Å². The van der Waals surface area contributed by atoms with Crippen LogP contribution in [0.15, 0.2) is 45.8 Å². The van der Waals surface area contributed by atoms with Crippen LogP contribution in [0.3, 0.4) is 0 Å². The Morgan fingerprint density at radius 2 is 1.87 bits per heavy atom. The van der Waals surface area contributed by atoms with Gasteiger partial charge in [-0.3, -0.25) is 24.0 Å². The molecular weight excluding hydrogens is 600 g/mol. The Hall–Kier alpha value is -5.27. The van der Waals surface area contributed by atoms with Gasteiger partial charge in [-0.25, -0.2) is 0 Å². The lowest BCUT2D eigenvalue weighted by atomic mass is 10.0. The number of amides is 4. The number of aromatic hydroxyl groups is 1. The van der Waals surface area contributed by atoms with Crippen molar-refractivity contribution in [3.05, 3.63) is 46.8 Å². The molecule has 1 saturated heterocycles. The molecule has 0 bridgehead atoms. The lowest BCUT2D eigenvalue weighted by Gasteiger charge is -2.27. The third-order valence-corrected chi connectivity index (χ3v) is 7.70. The monoisotopic (exact) mass is 636 g/mol. The molecule has 5 rings (SSSR count). The summed E-state index contributed by atoms with van der Waals surface area (Å²) >= 11 is 0. The largest absolute Gasteiger partial charge is 0.507 e. The van der Waals surface area contributed by atoms with Gasteiger partial charge >= 0.3 is 0 Å². The molecule has 0 radical (unpaired) electrons. The minimum atomic E-state index is -0.911. The number of hydrogen-bond donors (Lipinski definition) is 4. The van der Waals surface area contributed by atoms with Gasteiger partial charge in [-0.05, 0) is 42.9 Å². The van der Waals surface area contributed by atoms with E-state index in [-0.39, 0.29) is 34.7 Å². The number of ether oxygens (including phenoxy) is 3. The first-order valence-electron chi connectivity index (χ1n) is 15.0. The number of hydrogen-bond acceptors (Lipinski definition) is 10. The number of nitrogens with one attached hydrogen (secondary N) is 2. The number of phenolic OH excluding ortho intramolecular Hbond substituents is 1. The van der Waals surface area contributed by atoms with Gasteiger partial charge in [-0.15, -0.1) is 0 Å². The van der Waals surface area contributed by atoms with Gasteiger partial charge in [-0.2, -0.15) is 0 Å². The van der Waals surface area contributed by atoms with Crippen LogP contribution in [0.5, 0.6) is 23.0 Å². The van der Waals surface area contributed by atoms with Crippen LogP contribution in [0.1, 0.15) is 33.1 Å². The molecule has 244 valence electrons. The zero-order chi connectivity index (χ0) is 33.0. The van der Waals surface area contributed by atoms with Crippen LogP contribution in [-0.2, 0) is 19.2 Å². The van der Waals surface area contributed by atoms with Crippen molar-refractivity contribution in [1.29, 1.82) is 0 Å². The van der Waals surface area contributed by atoms with Gasteiger partial charge in [0.15, 0.2) is 18.1 Å². The Bertz CT molecular complexity index is 1720. The molecule has 1 fully saturated rings. The predicted molar refractivity (Wildman–Crippen MR) is 164 cm³/mol. The maximum Gasteiger partial charge on any atom is 0.261 e. The second-order valence-corrected chi connectivity index (χ2v) is 11.6. The number of fused-ring (bicyclic) bond motifs is 2. The maximum atomic E-state index is 13.3. The Balaban J connectivity index is 1.25. The third kappa shape index (κ3) is 7.16. The lowest BCUT2D eigenvalue weighted by Crippen LogP contribution is -2.54. The van der Waals surface area contributed by atoms with Gasteiger partial charge in [0.2, 0.25) is 23.2 Å². The number of nitrogens with zero attached hydrogens (tertiary/aromatic N) is 1. The zero-order valence-corrected chi connectivity index (χ0v) is 25.5. The van der Waals surface area contributed by atoms with E-state index in [9.17, 15) is 29.1 Å². The highest BCUT2D eigenvalue weighted by molar-refractivity contribution is 5.94. The summed E-state index contributed by atoms with van der Waals surface area (Å²) in [6.45, 7) is 4.09. The molecule has 2 aliphatic rings. The van der Waals surface area contributed by atoms with E-state index in [0.717, 1.165) is 0 Å². The number of nitrogens with two attached hydrogens (primary N) is 1. The first kappa shape index (κ1) is 32.1. The van der Waals surface area contributed by atoms with E-state index < -0.39 is 53.5 Å². The summed E-state index contributed by atoms with van der Waals surface area (Å²) in [7, 11) is 0. The van der Waals surface area contributed by atoms with Gasteiger partial charge in [0, 0.05) is 18.7 Å². The van der Waals surface area contributed by atoms with Crippen molar-refractivity contribution in [2.24, 2.45) is 11.7 Å². The summed E-state index contributed by atoms with van der Waals surface area (Å²) < 4.78 is 22.5. The first-order chi connectivity index (χ1) is 22.0. The average Bonchev–Trinajstić information content (AvgIpc) is 3.52. The number of primary amides is 1. The fourth-order valence-electron chi connectivity index (χ4n) is 5.54. The van der Waals surface area contributed by atoms with E-state index in [1.807, 2.05) is 13.8 Å². The number of rotatable bonds is 11. The highest BCUT2D eigenvalue weighted by atomic mass is 16.6. The van der Waals surface area contributed by atoms with E-state index in [0.29, 0.717) is 56.1 Å². The number of phenols is 1. The van der Waals surface area contributed by atoms with Gasteiger partial charge in [-0.1, -0.05) is 19.9 Å². The molecule has 2 aliphatic heterocycles. The second-order valence-electron chi connectivity index (χ2n) is 11.6. The van der Waals surface area contributed by atoms with Crippen LogP contribution in [0.25, 0.3) is 22.1 Å². The number of benzene rings is 2. The SMILES string of the molecule is CC(C)CC(NC(=O)C1CCCN1C(=O)COc1cc(O)c2c(=O)c(-c3ccc4c(c3)OCCO4)coc2c1)C(=O)NCC(N)=O. The van der Waals surface area contributed by atoms with E-state index >= 15 is 0 Å². The molecule has 0 aliphatic carbocycles. The van der Waals surface area contributed by atoms with E-state index in [4.69, 9.17) is 24.4 Å². The van der Waals surface area contributed by atoms with Crippen molar-refractivity contribution in [3.8, 4) is 34.1 Å². The van der Waals surface area contributed by atoms with E-state index in [1.54, 1.807) is 18.2 Å². The molecule has 1 aromatic heterocycles. The normalized spacial score (nSPS) is 16.2. The summed E-state index contributed by atoms with van der Waals surface area (Å²) in [5, 5.41) is 15.8. The molecule has 2 atom stereocenters. The minimum Gasteiger partial charge on any atom is -0.507 e. The molecule has 3 aromatic rings. The zero-order valence-electron chi connectivity index (χ0n) is 25.5. The van der Waals surface area contributed by atoms with Gasteiger partial charge in [0.25, 0.3) is 5.91 Å². The summed E-state index contributed by atoms with van der Waals surface area (Å²) in [6, 6.07) is 5.94. The second kappa shape index (κ2) is 13.8. The predicted octanol–water partition coefficient (Wildman–Crippen LogP) is 1.44. The number of carbonyl (C=O) groups is 4. The summed E-state index contributed by atoms with van der Waals surface area (Å²) in [5.41, 5.74) is 5.44. The van der Waals surface area contributed by atoms with Crippen molar-refractivity contribution in [2.75, 3.05) is 32.9 Å². The quantitative estimate of drug-likeness (QED) is 0.239. The summed E-state index contributed by atoms with van der Waals surface area (Å²) in [5.74, 6) is -1.41. The molecule has 14 nitrogen and oxygen atoms in total. The molecule has 4 amide bonds. The molecule has 2 aromatic carbocycles. The molecule has 14 heteroatoms. The van der Waals surface area contributed by atoms with Gasteiger partial charge in [0.05, 0.1) is 12.1 Å². The molecule has 2 unspecified atom stereocenters. The van der Waals surface area contributed by atoms with Gasteiger partial charge in [0.1, 0.15) is 54.0 Å². The summed E-state index contributed by atoms with van der Waals surface area (Å²) in [4.78, 5) is 64.7. The molecule has 0 saturated carbocycles. The van der Waals surface area contributed by atoms with Crippen LogP contribution < -0.4 is 36.0 Å².